The summed E-state index contributed by atoms with van der Waals surface area (Å²) in [5, 5.41) is 9.91. The predicted molar refractivity (Wildman–Crippen MR) is 79.1 cm³/mol. The maximum atomic E-state index is 12.6. The Balaban J connectivity index is 2.02. The average Bonchev–Trinajstić information content (AvgIpc) is 2.84. The Bertz CT molecular complexity index is 493. The molecule has 2 rings (SSSR count). The molecular weight excluding hydrogens is 270 g/mol. The largest absolute Gasteiger partial charge is 0.448 e. The highest BCUT2D eigenvalue weighted by atomic mass is 16.3. The number of aryl methyl sites for hydroxylation is 1. The Kier molecular flexibility index (Phi) is 4.68. The monoisotopic (exact) mass is 295 g/mol. The lowest BCUT2D eigenvalue weighted by Crippen LogP contribution is -2.56. The molecule has 0 radical (unpaired) electrons. The van der Waals surface area contributed by atoms with Crippen molar-refractivity contribution < 1.29 is 14.3 Å². The summed E-state index contributed by atoms with van der Waals surface area (Å²) < 4.78 is 5.25. The van der Waals surface area contributed by atoms with Gasteiger partial charge in [0, 0.05) is 38.6 Å². The first-order chi connectivity index (χ1) is 9.81. The van der Waals surface area contributed by atoms with Gasteiger partial charge in [-0.05, 0) is 20.8 Å². The molecule has 1 N–H and O–H groups in total. The Hall–Kier alpha value is -1.40. The summed E-state index contributed by atoms with van der Waals surface area (Å²) >= 11 is 0. The number of aliphatic hydroxyl groups is 1. The number of carbonyl (C=O) groups is 1. The highest BCUT2D eigenvalue weighted by Crippen LogP contribution is 2.17. The third kappa shape index (κ3) is 3.83. The molecule has 0 spiro atoms. The second-order valence-electron chi connectivity index (χ2n) is 6.37. The quantitative estimate of drug-likeness (QED) is 0.902. The maximum Gasteiger partial charge on any atom is 0.276 e. The molecule has 1 aliphatic rings. The molecule has 1 aromatic heterocycles. The van der Waals surface area contributed by atoms with Crippen LogP contribution in [-0.4, -0.2) is 63.6 Å². The van der Waals surface area contributed by atoms with Crippen molar-refractivity contribution in [2.24, 2.45) is 0 Å². The van der Waals surface area contributed by atoms with Gasteiger partial charge in [-0.15, -0.1) is 0 Å². The van der Waals surface area contributed by atoms with Crippen LogP contribution in [0.2, 0.25) is 0 Å². The third-order valence-corrected chi connectivity index (χ3v) is 3.75. The highest BCUT2D eigenvalue weighted by molar-refractivity contribution is 5.93. The van der Waals surface area contributed by atoms with Crippen molar-refractivity contribution in [2.75, 3.05) is 26.2 Å². The van der Waals surface area contributed by atoms with Crippen LogP contribution in [0.4, 0.5) is 0 Å². The maximum absolute atomic E-state index is 12.6. The molecular formula is C15H25N3O3. The van der Waals surface area contributed by atoms with Gasteiger partial charge < -0.3 is 14.4 Å². The van der Waals surface area contributed by atoms with Gasteiger partial charge in [0.2, 0.25) is 0 Å². The van der Waals surface area contributed by atoms with Crippen molar-refractivity contribution in [1.82, 2.24) is 14.8 Å². The van der Waals surface area contributed by atoms with Gasteiger partial charge >= 0.3 is 0 Å². The van der Waals surface area contributed by atoms with Crippen LogP contribution in [0, 0.1) is 0 Å². The normalized spacial score (nSPS) is 20.8. The summed E-state index contributed by atoms with van der Waals surface area (Å²) in [5.74, 6) is 0.585. The van der Waals surface area contributed by atoms with Crippen molar-refractivity contribution in [3.8, 4) is 0 Å². The number of rotatable bonds is 4. The molecule has 1 saturated heterocycles. The minimum Gasteiger partial charge on any atom is -0.448 e. The Labute approximate surface area is 125 Å². The Morgan fingerprint density at radius 3 is 2.81 bits per heavy atom. The molecule has 1 aromatic rings. The fraction of sp³-hybridized carbons (Fsp3) is 0.733. The second-order valence-corrected chi connectivity index (χ2v) is 6.37. The van der Waals surface area contributed by atoms with Crippen molar-refractivity contribution in [2.45, 2.75) is 45.8 Å². The predicted octanol–water partition coefficient (Wildman–Crippen LogP) is 1.15. The molecule has 118 valence electrons. The van der Waals surface area contributed by atoms with Crippen LogP contribution >= 0.6 is 0 Å². The fourth-order valence-corrected chi connectivity index (χ4v) is 2.86. The number of β-amino-alcohol motifs (C(OH)–C–C–N with tert-alkyl or cyclic N) is 1. The smallest absolute Gasteiger partial charge is 0.276 e. The van der Waals surface area contributed by atoms with E-state index in [4.69, 9.17) is 4.42 Å². The fourth-order valence-electron chi connectivity index (χ4n) is 2.86. The van der Waals surface area contributed by atoms with E-state index in [2.05, 4.69) is 9.88 Å². The second kappa shape index (κ2) is 6.15. The topological polar surface area (TPSA) is 69.8 Å². The zero-order valence-corrected chi connectivity index (χ0v) is 13.3. The van der Waals surface area contributed by atoms with E-state index in [0.717, 1.165) is 13.1 Å². The molecule has 0 aliphatic carbocycles. The number of aromatic nitrogens is 1. The number of amides is 1. The molecule has 1 fully saturated rings. The summed E-state index contributed by atoms with van der Waals surface area (Å²) in [7, 11) is 0. The van der Waals surface area contributed by atoms with E-state index in [1.54, 1.807) is 13.8 Å². The number of hydrogen-bond acceptors (Lipinski definition) is 5. The number of carbonyl (C=O) groups excluding carboxylic acids is 1. The molecule has 0 aromatic carbocycles. The van der Waals surface area contributed by atoms with Crippen LogP contribution in [0.5, 0.6) is 0 Å². The van der Waals surface area contributed by atoms with E-state index in [1.807, 2.05) is 18.7 Å². The Morgan fingerprint density at radius 2 is 2.24 bits per heavy atom. The van der Waals surface area contributed by atoms with Crippen molar-refractivity contribution in [3.05, 3.63) is 17.8 Å². The lowest BCUT2D eigenvalue weighted by atomic mass is 10.1. The summed E-state index contributed by atoms with van der Waals surface area (Å²) in [4.78, 5) is 20.7. The summed E-state index contributed by atoms with van der Waals surface area (Å²) in [6.45, 7) is 10.4. The van der Waals surface area contributed by atoms with E-state index >= 15 is 0 Å². The average molecular weight is 295 g/mol. The van der Waals surface area contributed by atoms with E-state index in [1.165, 1.54) is 6.39 Å². The van der Waals surface area contributed by atoms with E-state index in [-0.39, 0.29) is 11.9 Å². The summed E-state index contributed by atoms with van der Waals surface area (Å²) in [5.41, 5.74) is -0.284. The molecule has 21 heavy (non-hydrogen) atoms. The molecule has 1 amide bonds. The lowest BCUT2D eigenvalue weighted by molar-refractivity contribution is 0.00558. The summed E-state index contributed by atoms with van der Waals surface area (Å²) in [6, 6.07) is 0.0926. The first-order valence-electron chi connectivity index (χ1n) is 7.50. The van der Waals surface area contributed by atoms with Crippen molar-refractivity contribution >= 4 is 5.91 Å². The van der Waals surface area contributed by atoms with Crippen molar-refractivity contribution in [1.29, 1.82) is 0 Å². The van der Waals surface area contributed by atoms with Gasteiger partial charge in [-0.25, -0.2) is 4.98 Å². The van der Waals surface area contributed by atoms with Gasteiger partial charge in [0.05, 0.1) is 5.60 Å². The SMILES string of the molecule is CCc1ocnc1C(=O)N1CCN(CC(C)(C)O)CC1C. The number of hydrogen-bond donors (Lipinski definition) is 1. The van der Waals surface area contributed by atoms with Crippen LogP contribution in [0.1, 0.15) is 43.9 Å². The van der Waals surface area contributed by atoms with Crippen LogP contribution in [0.25, 0.3) is 0 Å². The van der Waals surface area contributed by atoms with E-state index in [0.29, 0.717) is 31.0 Å². The first-order valence-corrected chi connectivity index (χ1v) is 7.50. The molecule has 1 aliphatic heterocycles. The standard InChI is InChI=1S/C15H25N3O3/c1-5-12-13(16-10-21-12)14(19)18-7-6-17(8-11(18)2)9-15(3,4)20/h10-11,20H,5-9H2,1-4H3. The van der Waals surface area contributed by atoms with Gasteiger partial charge in [0.1, 0.15) is 5.76 Å². The van der Waals surface area contributed by atoms with E-state index in [9.17, 15) is 9.90 Å². The molecule has 6 heteroatoms. The minimum atomic E-state index is -0.715. The molecule has 1 unspecified atom stereocenters. The van der Waals surface area contributed by atoms with Crippen LogP contribution in [-0.2, 0) is 6.42 Å². The Morgan fingerprint density at radius 1 is 1.52 bits per heavy atom. The third-order valence-electron chi connectivity index (χ3n) is 3.75. The number of piperazine rings is 1. The van der Waals surface area contributed by atoms with Gasteiger partial charge in [0.25, 0.3) is 5.91 Å². The van der Waals surface area contributed by atoms with Crippen LogP contribution in [0.15, 0.2) is 10.8 Å². The lowest BCUT2D eigenvalue weighted by Gasteiger charge is -2.41. The number of oxazole rings is 1. The van der Waals surface area contributed by atoms with Gasteiger partial charge in [-0.1, -0.05) is 6.92 Å². The highest BCUT2D eigenvalue weighted by Gasteiger charge is 2.32. The van der Waals surface area contributed by atoms with Crippen LogP contribution in [0.3, 0.4) is 0 Å². The molecule has 0 saturated carbocycles. The molecule has 0 bridgehead atoms. The zero-order valence-electron chi connectivity index (χ0n) is 13.3. The minimum absolute atomic E-state index is 0.0593. The van der Waals surface area contributed by atoms with E-state index < -0.39 is 5.60 Å². The zero-order chi connectivity index (χ0) is 15.6. The van der Waals surface area contributed by atoms with Crippen molar-refractivity contribution in [3.63, 3.8) is 0 Å². The van der Waals surface area contributed by atoms with Gasteiger partial charge in [-0.2, -0.15) is 0 Å². The van der Waals surface area contributed by atoms with Crippen LogP contribution < -0.4 is 0 Å². The van der Waals surface area contributed by atoms with Gasteiger partial charge in [0.15, 0.2) is 12.1 Å². The van der Waals surface area contributed by atoms with Gasteiger partial charge in [-0.3, -0.25) is 9.69 Å². The molecule has 2 heterocycles. The molecule has 1 atom stereocenters. The first kappa shape index (κ1) is 16.0. The summed E-state index contributed by atoms with van der Waals surface area (Å²) in [6.07, 6.45) is 2.00. The molecule has 6 nitrogen and oxygen atoms in total. The number of nitrogens with zero attached hydrogens (tertiary/aromatic N) is 3.